The maximum Gasteiger partial charge on any atom is 0.306 e. The number of ether oxygens (including phenoxy) is 6. The molecule has 0 bridgehead atoms. The van der Waals surface area contributed by atoms with Crippen LogP contribution in [0.4, 0.5) is 0 Å². The highest BCUT2D eigenvalue weighted by Gasteiger charge is 2.47. The summed E-state index contributed by atoms with van der Waals surface area (Å²) >= 11 is 0. The lowest BCUT2D eigenvalue weighted by Crippen LogP contribution is -2.61. The molecule has 354 valence electrons. The van der Waals surface area contributed by atoms with Crippen molar-refractivity contribution in [1.82, 2.24) is 0 Å². The Morgan fingerprint density at radius 3 is 1.66 bits per heavy atom. The molecule has 11 atom stereocenters. The molecule has 0 aliphatic carbocycles. The molecule has 2 fully saturated rings. The van der Waals surface area contributed by atoms with Crippen molar-refractivity contribution in [3.05, 3.63) is 72.9 Å². The number of unbranched alkanes of at least 4 members (excludes halogenated alkanes) is 6. The summed E-state index contributed by atoms with van der Waals surface area (Å²) in [4.78, 5) is 25.6. The molecule has 2 heterocycles. The van der Waals surface area contributed by atoms with Crippen molar-refractivity contribution in [3.63, 3.8) is 0 Å². The topological polar surface area (TPSA) is 231 Å². The van der Waals surface area contributed by atoms with Gasteiger partial charge in [0, 0.05) is 12.8 Å². The average Bonchev–Trinajstić information content (AvgIpc) is 3.26. The van der Waals surface area contributed by atoms with Gasteiger partial charge in [-0.05, 0) is 64.2 Å². The summed E-state index contributed by atoms with van der Waals surface area (Å²) < 4.78 is 33.3. The minimum atomic E-state index is -1.78. The maximum atomic E-state index is 12.9. The minimum absolute atomic E-state index is 0.0370. The van der Waals surface area contributed by atoms with Crippen molar-refractivity contribution in [1.29, 1.82) is 0 Å². The Labute approximate surface area is 368 Å². The summed E-state index contributed by atoms with van der Waals surface area (Å²) in [6, 6.07) is 0. The SMILES string of the molecule is CC/C=C\C/C=C\C/C=C\C/C=C\CCC(=O)OC(COC(=O)CCCCCCC/C=C\C/C=C\CCC)COC1OC(COC2OC(CO)C(O)C(O)C2O)C(O)C(O)C1O. The Balaban J connectivity index is 1.90. The second-order valence-electron chi connectivity index (χ2n) is 15.5. The lowest BCUT2D eigenvalue weighted by Gasteiger charge is -2.42. The first-order valence-electron chi connectivity index (χ1n) is 22.5. The number of rotatable bonds is 32. The zero-order valence-corrected chi connectivity index (χ0v) is 36.8. The second kappa shape index (κ2) is 34.4. The van der Waals surface area contributed by atoms with E-state index in [1.807, 2.05) is 18.2 Å². The Morgan fingerprint density at radius 1 is 0.532 bits per heavy atom. The second-order valence-corrected chi connectivity index (χ2v) is 15.5. The minimum Gasteiger partial charge on any atom is -0.462 e. The lowest BCUT2D eigenvalue weighted by atomic mass is 9.98. The van der Waals surface area contributed by atoms with E-state index < -0.39 is 99.3 Å². The molecule has 15 nitrogen and oxygen atoms in total. The van der Waals surface area contributed by atoms with Crippen LogP contribution in [-0.2, 0) is 38.0 Å². The first-order chi connectivity index (χ1) is 30.0. The first kappa shape index (κ1) is 55.1. The monoisotopic (exact) mass is 881 g/mol. The Kier molecular flexibility index (Phi) is 30.5. The molecule has 2 saturated heterocycles. The van der Waals surface area contributed by atoms with Gasteiger partial charge < -0.3 is 64.2 Å². The number of allylic oxidation sites excluding steroid dienone is 12. The number of esters is 2. The third-order valence-corrected chi connectivity index (χ3v) is 10.2. The standard InChI is InChI=1S/C47H76O15/c1-3-5-7-9-11-13-15-17-19-21-23-25-27-29-38(49)57-32-35(60-39(50)30-28-26-24-22-20-18-16-14-12-10-8-6-4-2)33-58-46-45(56)43(54)41(52)37(62-46)34-59-47-44(55)42(53)40(51)36(31-48)61-47/h6-9,12-15,18,20,24,26,35-37,40-48,51-56H,3-5,10-11,16-17,19,21-23,25,27-34H2,1-2H3/b8-6-,9-7-,14-12-,15-13-,20-18-,26-24-. The summed E-state index contributed by atoms with van der Waals surface area (Å²) in [5.74, 6) is -1.05. The molecule has 0 radical (unpaired) electrons. The number of aliphatic hydroxyl groups is 7. The molecule has 62 heavy (non-hydrogen) atoms. The lowest BCUT2D eigenvalue weighted by molar-refractivity contribution is -0.332. The summed E-state index contributed by atoms with van der Waals surface area (Å²) in [5, 5.41) is 71.8. The predicted molar refractivity (Wildman–Crippen MR) is 233 cm³/mol. The van der Waals surface area contributed by atoms with Gasteiger partial charge in [-0.1, -0.05) is 112 Å². The molecule has 11 unspecified atom stereocenters. The number of aliphatic hydroxyl groups excluding tert-OH is 7. The Bertz CT molecular complexity index is 1360. The van der Waals surface area contributed by atoms with Crippen LogP contribution in [-0.4, -0.2) is 142 Å². The normalized spacial score (nSPS) is 27.8. The predicted octanol–water partition coefficient (Wildman–Crippen LogP) is 4.70. The molecule has 0 aromatic rings. The zero-order chi connectivity index (χ0) is 45.4. The van der Waals surface area contributed by atoms with Crippen molar-refractivity contribution in [2.75, 3.05) is 26.4 Å². The largest absolute Gasteiger partial charge is 0.462 e. The number of carbonyl (C=O) groups is 2. The van der Waals surface area contributed by atoms with Crippen LogP contribution in [0.5, 0.6) is 0 Å². The van der Waals surface area contributed by atoms with E-state index in [1.54, 1.807) is 0 Å². The molecule has 0 aromatic heterocycles. The molecule has 0 amide bonds. The van der Waals surface area contributed by atoms with Gasteiger partial charge in [0.05, 0.1) is 19.8 Å². The van der Waals surface area contributed by atoms with E-state index in [9.17, 15) is 45.3 Å². The maximum absolute atomic E-state index is 12.9. The summed E-state index contributed by atoms with van der Waals surface area (Å²) in [5.41, 5.74) is 0. The van der Waals surface area contributed by atoms with Crippen LogP contribution in [0, 0.1) is 0 Å². The van der Waals surface area contributed by atoms with Crippen molar-refractivity contribution < 1.29 is 73.8 Å². The van der Waals surface area contributed by atoms with Crippen LogP contribution in [0.1, 0.15) is 117 Å². The van der Waals surface area contributed by atoms with Gasteiger partial charge in [-0.2, -0.15) is 0 Å². The molecule has 0 spiro atoms. The Morgan fingerprint density at radius 2 is 1.05 bits per heavy atom. The van der Waals surface area contributed by atoms with Crippen LogP contribution >= 0.6 is 0 Å². The van der Waals surface area contributed by atoms with Crippen LogP contribution in [0.25, 0.3) is 0 Å². The van der Waals surface area contributed by atoms with Gasteiger partial charge in [-0.25, -0.2) is 0 Å². The summed E-state index contributed by atoms with van der Waals surface area (Å²) in [6.07, 6.45) is 21.1. The first-order valence-corrected chi connectivity index (χ1v) is 22.5. The van der Waals surface area contributed by atoms with Crippen LogP contribution in [0.3, 0.4) is 0 Å². The smallest absolute Gasteiger partial charge is 0.306 e. The molecular weight excluding hydrogens is 805 g/mol. The van der Waals surface area contributed by atoms with Crippen LogP contribution < -0.4 is 0 Å². The average molecular weight is 881 g/mol. The molecule has 15 heteroatoms. The van der Waals surface area contributed by atoms with E-state index in [1.165, 1.54) is 0 Å². The van der Waals surface area contributed by atoms with Crippen LogP contribution in [0.2, 0.25) is 0 Å². The summed E-state index contributed by atoms with van der Waals surface area (Å²) in [7, 11) is 0. The van der Waals surface area contributed by atoms with Gasteiger partial charge >= 0.3 is 11.9 Å². The molecule has 0 aromatic carbocycles. The van der Waals surface area contributed by atoms with E-state index in [2.05, 4.69) is 68.5 Å². The molecular formula is C47H76O15. The highest BCUT2D eigenvalue weighted by Crippen LogP contribution is 2.26. The molecule has 2 rings (SSSR count). The molecule has 2 aliphatic heterocycles. The van der Waals surface area contributed by atoms with Crippen molar-refractivity contribution in [2.24, 2.45) is 0 Å². The zero-order valence-electron chi connectivity index (χ0n) is 36.8. The van der Waals surface area contributed by atoms with E-state index in [-0.39, 0.29) is 19.4 Å². The van der Waals surface area contributed by atoms with Gasteiger partial charge in [-0.3, -0.25) is 9.59 Å². The molecule has 7 N–H and O–H groups in total. The number of hydrogen-bond donors (Lipinski definition) is 7. The summed E-state index contributed by atoms with van der Waals surface area (Å²) in [6.45, 7) is 2.27. The van der Waals surface area contributed by atoms with Gasteiger partial charge in [0.1, 0.15) is 55.4 Å². The van der Waals surface area contributed by atoms with E-state index in [0.717, 1.165) is 70.6 Å². The number of carbonyl (C=O) groups excluding carboxylic acids is 2. The quantitative estimate of drug-likeness (QED) is 0.0276. The van der Waals surface area contributed by atoms with Crippen molar-refractivity contribution >= 4 is 11.9 Å². The number of hydrogen-bond acceptors (Lipinski definition) is 15. The molecule has 2 aliphatic rings. The van der Waals surface area contributed by atoms with E-state index >= 15 is 0 Å². The van der Waals surface area contributed by atoms with Gasteiger partial charge in [0.2, 0.25) is 0 Å². The van der Waals surface area contributed by atoms with Crippen molar-refractivity contribution in [2.45, 2.75) is 184 Å². The van der Waals surface area contributed by atoms with Gasteiger partial charge in [-0.15, -0.1) is 0 Å². The van der Waals surface area contributed by atoms with Crippen LogP contribution in [0.15, 0.2) is 72.9 Å². The van der Waals surface area contributed by atoms with Gasteiger partial charge in [0.15, 0.2) is 18.7 Å². The fourth-order valence-electron chi connectivity index (χ4n) is 6.44. The fraction of sp³-hybridized carbons (Fsp3) is 0.702. The van der Waals surface area contributed by atoms with E-state index in [4.69, 9.17) is 28.4 Å². The Hall–Kier alpha value is -3.06. The third-order valence-electron chi connectivity index (χ3n) is 10.2. The fourth-order valence-corrected chi connectivity index (χ4v) is 6.44. The molecule has 0 saturated carbocycles. The van der Waals surface area contributed by atoms with E-state index in [0.29, 0.717) is 19.3 Å². The highest BCUT2D eigenvalue weighted by atomic mass is 16.7. The third kappa shape index (κ3) is 23.0. The highest BCUT2D eigenvalue weighted by molar-refractivity contribution is 5.70. The van der Waals surface area contributed by atoms with Crippen molar-refractivity contribution in [3.8, 4) is 0 Å². The van der Waals surface area contributed by atoms with Gasteiger partial charge in [0.25, 0.3) is 0 Å².